The van der Waals surface area contributed by atoms with Crippen molar-refractivity contribution in [1.29, 1.82) is 0 Å². The number of para-hydroxylation sites is 2. The van der Waals surface area contributed by atoms with Crippen LogP contribution in [0.4, 0.5) is 5.69 Å². The van der Waals surface area contributed by atoms with Crippen LogP contribution in [0.25, 0.3) is 0 Å². The molecule has 156 valence electrons. The summed E-state index contributed by atoms with van der Waals surface area (Å²) in [5.74, 6) is -0.200. The Kier molecular flexibility index (Phi) is 6.55. The van der Waals surface area contributed by atoms with Gasteiger partial charge in [0.05, 0.1) is 24.4 Å². The van der Waals surface area contributed by atoms with Gasteiger partial charge >= 0.3 is 0 Å². The predicted octanol–water partition coefficient (Wildman–Crippen LogP) is 4.50. The number of halogens is 2. The Balaban J connectivity index is 2.14. The molecule has 0 saturated heterocycles. The van der Waals surface area contributed by atoms with Gasteiger partial charge in [0.1, 0.15) is 10.6 Å². The van der Waals surface area contributed by atoms with Gasteiger partial charge in [-0.2, -0.15) is 0 Å². The van der Waals surface area contributed by atoms with E-state index in [1.807, 2.05) is 0 Å². The molecule has 0 aliphatic heterocycles. The third-order valence-electron chi connectivity index (χ3n) is 4.38. The number of amides is 1. The molecule has 0 aliphatic carbocycles. The lowest BCUT2D eigenvalue weighted by molar-refractivity contribution is 0.100. The number of methoxy groups -OCH3 is 1. The summed E-state index contributed by atoms with van der Waals surface area (Å²) in [5.41, 5.74) is 6.56. The smallest absolute Gasteiger partial charge is 0.266 e. The molecule has 0 fully saturated rings. The molecular weight excluding hydrogens is 447 g/mol. The number of ether oxygens (including phenoxy) is 1. The molecule has 0 bridgehead atoms. The molecule has 3 aromatic rings. The maximum Gasteiger partial charge on any atom is 0.266 e. The molecule has 6 nitrogen and oxygen atoms in total. The van der Waals surface area contributed by atoms with Gasteiger partial charge in [-0.05, 0) is 48.0 Å². The number of primary amides is 1. The van der Waals surface area contributed by atoms with Gasteiger partial charge in [0.25, 0.3) is 10.0 Å². The van der Waals surface area contributed by atoms with Crippen LogP contribution in [0.1, 0.15) is 15.9 Å². The highest BCUT2D eigenvalue weighted by Gasteiger charge is 2.29. The number of carbonyl (C=O) groups is 1. The van der Waals surface area contributed by atoms with Crippen molar-refractivity contribution in [3.8, 4) is 5.75 Å². The Labute approximate surface area is 184 Å². The second-order valence-electron chi connectivity index (χ2n) is 6.32. The van der Waals surface area contributed by atoms with E-state index in [1.54, 1.807) is 36.4 Å². The minimum Gasteiger partial charge on any atom is -0.495 e. The van der Waals surface area contributed by atoms with E-state index >= 15 is 0 Å². The van der Waals surface area contributed by atoms with E-state index in [9.17, 15) is 13.2 Å². The van der Waals surface area contributed by atoms with Crippen LogP contribution in [-0.4, -0.2) is 21.4 Å². The van der Waals surface area contributed by atoms with Crippen LogP contribution in [0.2, 0.25) is 10.0 Å². The average molecular weight is 465 g/mol. The quantitative estimate of drug-likeness (QED) is 0.557. The fourth-order valence-electron chi connectivity index (χ4n) is 2.87. The minimum absolute atomic E-state index is 0.0371. The lowest BCUT2D eigenvalue weighted by Crippen LogP contribution is -2.31. The Morgan fingerprint density at radius 3 is 2.33 bits per heavy atom. The number of anilines is 1. The van der Waals surface area contributed by atoms with Crippen molar-refractivity contribution < 1.29 is 17.9 Å². The number of sulfonamides is 1. The molecule has 2 N–H and O–H groups in total. The van der Waals surface area contributed by atoms with E-state index in [1.165, 1.54) is 41.7 Å². The number of nitrogens with two attached hydrogens (primary N) is 1. The summed E-state index contributed by atoms with van der Waals surface area (Å²) >= 11 is 12.2. The lowest BCUT2D eigenvalue weighted by Gasteiger charge is -2.26. The van der Waals surface area contributed by atoms with Crippen LogP contribution in [0.15, 0.2) is 71.6 Å². The standard InChI is InChI=1S/C21H18Cl2N2O4S/c1-29-19-5-3-2-4-18(19)25(13-14-6-8-15(9-7-14)21(24)26)30(27,28)20-12-16(22)10-11-17(20)23/h2-12H,13H2,1H3,(H2,24,26). The number of hydrogen-bond acceptors (Lipinski definition) is 4. The first-order chi connectivity index (χ1) is 14.2. The molecule has 3 rings (SSSR count). The fraction of sp³-hybridized carbons (Fsp3) is 0.0952. The fourth-order valence-corrected chi connectivity index (χ4v) is 5.07. The van der Waals surface area contributed by atoms with Crippen molar-refractivity contribution >= 4 is 44.8 Å². The molecule has 3 aromatic carbocycles. The van der Waals surface area contributed by atoms with Gasteiger partial charge in [0.2, 0.25) is 5.91 Å². The van der Waals surface area contributed by atoms with Crippen molar-refractivity contribution in [2.45, 2.75) is 11.4 Å². The zero-order chi connectivity index (χ0) is 21.9. The molecule has 9 heteroatoms. The second kappa shape index (κ2) is 8.95. The summed E-state index contributed by atoms with van der Waals surface area (Å²) in [7, 11) is -2.66. The summed E-state index contributed by atoms with van der Waals surface area (Å²) in [4.78, 5) is 11.2. The molecular formula is C21H18Cl2N2O4S. The molecule has 0 heterocycles. The Morgan fingerprint density at radius 1 is 1.03 bits per heavy atom. The molecule has 0 atom stereocenters. The van der Waals surface area contributed by atoms with Crippen molar-refractivity contribution in [2.75, 3.05) is 11.4 Å². The number of rotatable bonds is 7. The SMILES string of the molecule is COc1ccccc1N(Cc1ccc(C(N)=O)cc1)S(=O)(=O)c1cc(Cl)ccc1Cl. The van der Waals surface area contributed by atoms with Gasteiger partial charge in [-0.15, -0.1) is 0 Å². The summed E-state index contributed by atoms with van der Waals surface area (Å²) < 4.78 is 33.8. The van der Waals surface area contributed by atoms with E-state index in [-0.39, 0.29) is 21.5 Å². The highest BCUT2D eigenvalue weighted by molar-refractivity contribution is 7.93. The van der Waals surface area contributed by atoms with Crippen molar-refractivity contribution in [2.24, 2.45) is 5.73 Å². The lowest BCUT2D eigenvalue weighted by atomic mass is 10.1. The topological polar surface area (TPSA) is 89.7 Å². The van der Waals surface area contributed by atoms with Gasteiger partial charge in [-0.1, -0.05) is 47.5 Å². The van der Waals surface area contributed by atoms with Gasteiger partial charge in [0, 0.05) is 10.6 Å². The van der Waals surface area contributed by atoms with Crippen LogP contribution < -0.4 is 14.8 Å². The number of hydrogen-bond donors (Lipinski definition) is 1. The van der Waals surface area contributed by atoms with E-state index in [0.717, 1.165) is 0 Å². The highest BCUT2D eigenvalue weighted by Crippen LogP contribution is 2.36. The average Bonchev–Trinajstić information content (AvgIpc) is 2.73. The van der Waals surface area contributed by atoms with Crippen LogP contribution >= 0.6 is 23.2 Å². The van der Waals surface area contributed by atoms with Crippen LogP contribution in [0.5, 0.6) is 5.75 Å². The minimum atomic E-state index is -4.12. The molecule has 0 aromatic heterocycles. The number of nitrogens with zero attached hydrogens (tertiary/aromatic N) is 1. The van der Waals surface area contributed by atoms with E-state index in [2.05, 4.69) is 0 Å². The first kappa shape index (κ1) is 22.0. The van der Waals surface area contributed by atoms with Crippen molar-refractivity contribution in [3.05, 3.63) is 87.9 Å². The van der Waals surface area contributed by atoms with E-state index in [4.69, 9.17) is 33.7 Å². The molecule has 0 unspecified atom stereocenters. The summed E-state index contributed by atoms with van der Waals surface area (Å²) in [5, 5.41) is 0.284. The Bertz CT molecular complexity index is 1180. The number of benzene rings is 3. The second-order valence-corrected chi connectivity index (χ2v) is 8.99. The zero-order valence-corrected chi connectivity index (χ0v) is 18.2. The normalized spacial score (nSPS) is 11.2. The number of carbonyl (C=O) groups excluding carboxylic acids is 1. The third kappa shape index (κ3) is 4.53. The molecule has 0 aliphatic rings. The van der Waals surface area contributed by atoms with Crippen LogP contribution in [0.3, 0.4) is 0 Å². The predicted molar refractivity (Wildman–Crippen MR) is 118 cm³/mol. The van der Waals surface area contributed by atoms with Gasteiger partial charge in [-0.3, -0.25) is 9.10 Å². The van der Waals surface area contributed by atoms with Crippen molar-refractivity contribution in [3.63, 3.8) is 0 Å². The monoisotopic (exact) mass is 464 g/mol. The largest absolute Gasteiger partial charge is 0.495 e. The molecule has 30 heavy (non-hydrogen) atoms. The third-order valence-corrected chi connectivity index (χ3v) is 6.86. The van der Waals surface area contributed by atoms with E-state index < -0.39 is 15.9 Å². The Hall–Kier alpha value is -2.74. The van der Waals surface area contributed by atoms with Crippen molar-refractivity contribution in [1.82, 2.24) is 0 Å². The summed E-state index contributed by atoms with van der Waals surface area (Å²) in [6, 6.07) is 17.3. The Morgan fingerprint density at radius 2 is 1.70 bits per heavy atom. The zero-order valence-electron chi connectivity index (χ0n) is 15.9. The molecule has 1 amide bonds. The first-order valence-corrected chi connectivity index (χ1v) is 10.9. The van der Waals surface area contributed by atoms with E-state index in [0.29, 0.717) is 22.6 Å². The molecule has 0 spiro atoms. The van der Waals surface area contributed by atoms with Crippen LogP contribution in [0, 0.1) is 0 Å². The van der Waals surface area contributed by atoms with Gasteiger partial charge in [-0.25, -0.2) is 8.42 Å². The first-order valence-electron chi connectivity index (χ1n) is 8.73. The maximum absolute atomic E-state index is 13.6. The van der Waals surface area contributed by atoms with Gasteiger partial charge < -0.3 is 10.5 Å². The van der Waals surface area contributed by atoms with Crippen LogP contribution in [-0.2, 0) is 16.6 Å². The summed E-state index contributed by atoms with van der Waals surface area (Å²) in [6.45, 7) is -0.0371. The van der Waals surface area contributed by atoms with Gasteiger partial charge in [0.15, 0.2) is 0 Å². The summed E-state index contributed by atoms with van der Waals surface area (Å²) in [6.07, 6.45) is 0. The molecule has 0 saturated carbocycles. The molecule has 0 radical (unpaired) electrons. The highest BCUT2D eigenvalue weighted by atomic mass is 35.5. The maximum atomic E-state index is 13.6.